The van der Waals surface area contributed by atoms with Gasteiger partial charge in [-0.25, -0.2) is 0 Å². The van der Waals surface area contributed by atoms with Crippen LogP contribution in [-0.2, 0) is 10.8 Å². The Morgan fingerprint density at radius 1 is 0.385 bits per heavy atom. The standard InChI is InChI=1S/C50H34O2/c1-3-32-51-38-29-26-36(27-30-38)49(43-22-12-8-18-39(43)40-19-9-13-23-44(40)49)37-28-31-48(52-33-4-2)47(34-37)50(35-16-6-5-7-17-35)45-24-14-10-20-41(45)42-21-11-15-25-46(42)50/h1-2,5-31,34H,32-33H2. The van der Waals surface area contributed by atoms with Crippen LogP contribution in [0.5, 0.6) is 11.5 Å². The van der Waals surface area contributed by atoms with Crippen molar-refractivity contribution in [1.29, 1.82) is 0 Å². The van der Waals surface area contributed by atoms with Crippen molar-refractivity contribution in [2.45, 2.75) is 10.8 Å². The maximum atomic E-state index is 6.56. The maximum absolute atomic E-state index is 6.56. The summed E-state index contributed by atoms with van der Waals surface area (Å²) in [7, 11) is 0. The first kappa shape index (κ1) is 31.3. The normalized spacial score (nSPS) is 13.8. The molecule has 0 saturated heterocycles. The molecule has 2 nitrogen and oxygen atoms in total. The van der Waals surface area contributed by atoms with Gasteiger partial charge >= 0.3 is 0 Å². The molecular formula is C50H34O2. The number of benzene rings is 7. The van der Waals surface area contributed by atoms with Crippen LogP contribution in [0.2, 0.25) is 0 Å². The summed E-state index contributed by atoms with van der Waals surface area (Å²) in [6.07, 6.45) is 11.4. The fraction of sp³-hybridized carbons (Fsp3) is 0.0800. The third kappa shape index (κ3) is 4.42. The highest BCUT2D eigenvalue weighted by atomic mass is 16.5. The number of fused-ring (bicyclic) bond motifs is 6. The van der Waals surface area contributed by atoms with E-state index in [4.69, 9.17) is 22.3 Å². The zero-order valence-corrected chi connectivity index (χ0v) is 28.6. The second kappa shape index (κ2) is 12.5. The maximum Gasteiger partial charge on any atom is 0.148 e. The summed E-state index contributed by atoms with van der Waals surface area (Å²) in [5.41, 5.74) is 12.8. The number of ether oxygens (including phenoxy) is 2. The van der Waals surface area contributed by atoms with Gasteiger partial charge in [0.05, 0.1) is 10.8 Å². The second-order valence-electron chi connectivity index (χ2n) is 13.3. The molecule has 0 amide bonds. The van der Waals surface area contributed by atoms with Crippen molar-refractivity contribution < 1.29 is 9.47 Å². The highest BCUT2D eigenvalue weighted by Gasteiger charge is 2.50. The summed E-state index contributed by atoms with van der Waals surface area (Å²) < 4.78 is 12.4. The third-order valence-corrected chi connectivity index (χ3v) is 10.8. The molecule has 2 aliphatic carbocycles. The van der Waals surface area contributed by atoms with E-state index in [0.717, 1.165) is 33.8 Å². The molecule has 246 valence electrons. The Bertz CT molecular complexity index is 2460. The van der Waals surface area contributed by atoms with Gasteiger partial charge in [-0.2, -0.15) is 0 Å². The molecule has 9 rings (SSSR count). The van der Waals surface area contributed by atoms with E-state index in [1.54, 1.807) is 0 Å². The van der Waals surface area contributed by atoms with Crippen LogP contribution in [0, 0.1) is 24.7 Å². The molecule has 0 bridgehead atoms. The molecule has 0 aliphatic heterocycles. The SMILES string of the molecule is C#CCOc1ccc(C2(c3ccc(OCC#C)c(C4(c5ccccc5)c5ccccc5-c5ccccc54)c3)c3ccccc3-c3ccccc32)cc1. The minimum atomic E-state index is -0.694. The predicted octanol–water partition coefficient (Wildman–Crippen LogP) is 10.4. The lowest BCUT2D eigenvalue weighted by Gasteiger charge is -2.38. The molecule has 2 aliphatic rings. The van der Waals surface area contributed by atoms with Crippen molar-refractivity contribution in [1.82, 2.24) is 0 Å². The lowest BCUT2D eigenvalue weighted by atomic mass is 9.63. The van der Waals surface area contributed by atoms with Gasteiger partial charge < -0.3 is 9.47 Å². The fourth-order valence-corrected chi connectivity index (χ4v) is 8.93. The number of hydrogen-bond donors (Lipinski definition) is 0. The first-order chi connectivity index (χ1) is 25.7. The van der Waals surface area contributed by atoms with E-state index < -0.39 is 10.8 Å². The summed E-state index contributed by atoms with van der Waals surface area (Å²) in [6, 6.07) is 61.1. The number of terminal acetylenes is 2. The van der Waals surface area contributed by atoms with E-state index in [0.29, 0.717) is 0 Å². The van der Waals surface area contributed by atoms with Crippen LogP contribution >= 0.6 is 0 Å². The smallest absolute Gasteiger partial charge is 0.148 e. The average molecular weight is 667 g/mol. The van der Waals surface area contributed by atoms with Crippen LogP contribution in [0.15, 0.2) is 170 Å². The van der Waals surface area contributed by atoms with E-state index >= 15 is 0 Å². The van der Waals surface area contributed by atoms with Gasteiger partial charge in [0.25, 0.3) is 0 Å². The Balaban J connectivity index is 1.41. The monoisotopic (exact) mass is 666 g/mol. The number of rotatable bonds is 8. The van der Waals surface area contributed by atoms with Gasteiger partial charge in [0.1, 0.15) is 24.7 Å². The minimum Gasteiger partial charge on any atom is -0.481 e. The molecular weight excluding hydrogens is 633 g/mol. The van der Waals surface area contributed by atoms with Gasteiger partial charge in [-0.15, -0.1) is 12.8 Å². The number of hydrogen-bond acceptors (Lipinski definition) is 2. The highest BCUT2D eigenvalue weighted by molar-refractivity contribution is 5.89. The molecule has 0 aromatic heterocycles. The Hall–Kier alpha value is -6.74. The molecule has 0 fully saturated rings. The van der Waals surface area contributed by atoms with Crippen molar-refractivity contribution in [3.63, 3.8) is 0 Å². The molecule has 0 unspecified atom stereocenters. The predicted molar refractivity (Wildman–Crippen MR) is 210 cm³/mol. The quantitative estimate of drug-likeness (QED) is 0.150. The van der Waals surface area contributed by atoms with Gasteiger partial charge in [-0.05, 0) is 85.5 Å². The van der Waals surface area contributed by atoms with Crippen molar-refractivity contribution in [3.8, 4) is 58.4 Å². The Kier molecular flexibility index (Phi) is 7.54. The zero-order chi connectivity index (χ0) is 35.1. The first-order valence-electron chi connectivity index (χ1n) is 17.5. The van der Waals surface area contributed by atoms with E-state index in [-0.39, 0.29) is 13.2 Å². The van der Waals surface area contributed by atoms with Gasteiger partial charge in [0.2, 0.25) is 0 Å². The Morgan fingerprint density at radius 3 is 1.33 bits per heavy atom. The van der Waals surface area contributed by atoms with Gasteiger partial charge in [0.15, 0.2) is 0 Å². The molecule has 0 saturated carbocycles. The van der Waals surface area contributed by atoms with E-state index in [9.17, 15) is 0 Å². The Labute approximate surface area is 305 Å². The fourth-order valence-electron chi connectivity index (χ4n) is 8.93. The molecule has 2 heteroatoms. The summed E-state index contributed by atoms with van der Waals surface area (Å²) in [5.74, 6) is 6.80. The van der Waals surface area contributed by atoms with Crippen LogP contribution in [0.4, 0.5) is 0 Å². The topological polar surface area (TPSA) is 18.5 Å². The highest BCUT2D eigenvalue weighted by Crippen LogP contribution is 2.61. The molecule has 0 N–H and O–H groups in total. The average Bonchev–Trinajstić information content (AvgIpc) is 3.69. The first-order valence-corrected chi connectivity index (χ1v) is 17.5. The van der Waals surface area contributed by atoms with Crippen LogP contribution in [0.25, 0.3) is 22.3 Å². The summed E-state index contributed by atoms with van der Waals surface area (Å²) in [5, 5.41) is 0. The van der Waals surface area contributed by atoms with Crippen molar-refractivity contribution in [2.24, 2.45) is 0 Å². The molecule has 7 aromatic carbocycles. The second-order valence-corrected chi connectivity index (χ2v) is 13.3. The zero-order valence-electron chi connectivity index (χ0n) is 28.6. The third-order valence-electron chi connectivity index (χ3n) is 10.8. The van der Waals surface area contributed by atoms with E-state index in [1.807, 2.05) is 12.1 Å². The van der Waals surface area contributed by atoms with Crippen molar-refractivity contribution >= 4 is 0 Å². The van der Waals surface area contributed by atoms with Crippen LogP contribution < -0.4 is 9.47 Å². The van der Waals surface area contributed by atoms with Gasteiger partial charge in [0, 0.05) is 5.56 Å². The Morgan fingerprint density at radius 2 is 0.808 bits per heavy atom. The lowest BCUT2D eigenvalue weighted by Crippen LogP contribution is -2.32. The molecule has 0 atom stereocenters. The summed E-state index contributed by atoms with van der Waals surface area (Å²) >= 11 is 0. The van der Waals surface area contributed by atoms with E-state index in [1.165, 1.54) is 44.5 Å². The van der Waals surface area contributed by atoms with E-state index in [2.05, 4.69) is 170 Å². The van der Waals surface area contributed by atoms with Crippen molar-refractivity contribution in [2.75, 3.05) is 13.2 Å². The summed E-state index contributed by atoms with van der Waals surface area (Å²) in [4.78, 5) is 0. The van der Waals surface area contributed by atoms with Crippen LogP contribution in [0.1, 0.15) is 44.5 Å². The minimum absolute atomic E-state index is 0.149. The molecule has 52 heavy (non-hydrogen) atoms. The van der Waals surface area contributed by atoms with Crippen LogP contribution in [-0.4, -0.2) is 13.2 Å². The molecule has 0 spiro atoms. The molecule has 0 radical (unpaired) electrons. The molecule has 0 heterocycles. The van der Waals surface area contributed by atoms with Gasteiger partial charge in [-0.1, -0.05) is 157 Å². The lowest BCUT2D eigenvalue weighted by molar-refractivity contribution is 0.362. The molecule has 7 aromatic rings. The van der Waals surface area contributed by atoms with Crippen molar-refractivity contribution in [3.05, 3.63) is 214 Å². The largest absolute Gasteiger partial charge is 0.481 e. The van der Waals surface area contributed by atoms with Gasteiger partial charge in [-0.3, -0.25) is 0 Å². The van der Waals surface area contributed by atoms with Crippen LogP contribution in [0.3, 0.4) is 0 Å². The summed E-state index contributed by atoms with van der Waals surface area (Å²) in [6.45, 7) is 0.361.